The van der Waals surface area contributed by atoms with Gasteiger partial charge in [-0.05, 0) is 84.8 Å². The first kappa shape index (κ1) is 37.1. The number of benzene rings is 4. The number of rotatable bonds is 17. The molecule has 12 nitrogen and oxygen atoms in total. The molecule has 0 saturated carbocycles. The molecule has 0 saturated heterocycles. The third-order valence-electron chi connectivity index (χ3n) is 8.35. The molecule has 52 heavy (non-hydrogen) atoms. The molecule has 4 N–H and O–H groups in total. The molecule has 0 radical (unpaired) electrons. The molecule has 1 unspecified atom stereocenters. The lowest BCUT2D eigenvalue weighted by molar-refractivity contribution is -0.139. The topological polar surface area (TPSA) is 165 Å². The summed E-state index contributed by atoms with van der Waals surface area (Å²) in [6, 6.07) is 23.6. The molecule has 4 aromatic rings. The third kappa shape index (κ3) is 10.2. The lowest BCUT2D eigenvalue weighted by Gasteiger charge is -2.17. The molecule has 0 aliphatic carbocycles. The Labute approximate surface area is 302 Å². The maximum atomic E-state index is 13.0. The lowest BCUT2D eigenvalue weighted by Crippen LogP contribution is -2.42. The Balaban J connectivity index is 1.14. The van der Waals surface area contributed by atoms with E-state index in [1.165, 1.54) is 44.6 Å². The normalized spacial score (nSPS) is 12.3. The summed E-state index contributed by atoms with van der Waals surface area (Å²) < 4.78 is 16.8. The number of aliphatic carboxylic acids is 1. The van der Waals surface area contributed by atoms with Crippen LogP contribution in [0.25, 0.3) is 0 Å². The van der Waals surface area contributed by atoms with Gasteiger partial charge < -0.3 is 35.3 Å². The van der Waals surface area contributed by atoms with Crippen LogP contribution in [0.15, 0.2) is 96.0 Å². The summed E-state index contributed by atoms with van der Waals surface area (Å²) in [4.78, 5) is 55.2. The summed E-state index contributed by atoms with van der Waals surface area (Å²) >= 11 is 0. The average molecular weight is 707 g/mol. The van der Waals surface area contributed by atoms with Gasteiger partial charge in [-0.15, -0.1) is 0 Å². The van der Waals surface area contributed by atoms with Crippen LogP contribution in [0.5, 0.6) is 17.2 Å². The second kappa shape index (κ2) is 18.2. The zero-order valence-electron chi connectivity index (χ0n) is 29.1. The van der Waals surface area contributed by atoms with Gasteiger partial charge >= 0.3 is 11.9 Å². The molecule has 1 aliphatic heterocycles. The van der Waals surface area contributed by atoms with Crippen LogP contribution >= 0.6 is 0 Å². The van der Waals surface area contributed by atoms with Crippen molar-refractivity contribution in [2.45, 2.75) is 51.5 Å². The summed E-state index contributed by atoms with van der Waals surface area (Å²) in [5, 5.41) is 18.4. The lowest BCUT2D eigenvalue weighted by atomic mass is 10.0. The van der Waals surface area contributed by atoms with Crippen LogP contribution in [0.4, 0.5) is 17.1 Å². The van der Waals surface area contributed by atoms with Gasteiger partial charge in [0.2, 0.25) is 0 Å². The second-order valence-electron chi connectivity index (χ2n) is 12.2. The Kier molecular flexibility index (Phi) is 13.0. The third-order valence-corrected chi connectivity index (χ3v) is 8.35. The highest BCUT2D eigenvalue weighted by Gasteiger charge is 2.23. The first-order valence-electron chi connectivity index (χ1n) is 17.2. The van der Waals surface area contributed by atoms with Gasteiger partial charge in [0.15, 0.2) is 11.5 Å². The maximum absolute atomic E-state index is 13.0. The van der Waals surface area contributed by atoms with Crippen LogP contribution in [0.1, 0.15) is 65.3 Å². The number of fused-ring (bicyclic) bond motifs is 1. The molecule has 0 aromatic heterocycles. The van der Waals surface area contributed by atoms with E-state index in [9.17, 15) is 24.3 Å². The van der Waals surface area contributed by atoms with Crippen LogP contribution in [-0.2, 0) is 16.0 Å². The first-order valence-corrected chi connectivity index (χ1v) is 17.2. The summed E-state index contributed by atoms with van der Waals surface area (Å²) in [6.07, 6.45) is 5.63. The fraction of sp³-hybridized carbons (Fsp3) is 0.275. The van der Waals surface area contributed by atoms with Crippen molar-refractivity contribution in [1.29, 1.82) is 0 Å². The van der Waals surface area contributed by atoms with Crippen LogP contribution < -0.4 is 30.2 Å². The Bertz CT molecular complexity index is 1910. The molecule has 12 heteroatoms. The van der Waals surface area contributed by atoms with Crippen molar-refractivity contribution >= 4 is 46.5 Å². The van der Waals surface area contributed by atoms with Crippen LogP contribution in [0, 0.1) is 0 Å². The number of ether oxygens (including phenoxy) is 3. The summed E-state index contributed by atoms with van der Waals surface area (Å²) in [6.45, 7) is 3.06. The van der Waals surface area contributed by atoms with Crippen LogP contribution in [-0.4, -0.2) is 60.9 Å². The summed E-state index contributed by atoms with van der Waals surface area (Å²) in [5.74, 6) is -1.77. The number of aliphatic imine (C=N–C) groups is 1. The van der Waals surface area contributed by atoms with Gasteiger partial charge in [-0.2, -0.15) is 0 Å². The Morgan fingerprint density at radius 1 is 0.846 bits per heavy atom. The van der Waals surface area contributed by atoms with Gasteiger partial charge in [-0.1, -0.05) is 50.8 Å². The molecule has 270 valence electrons. The van der Waals surface area contributed by atoms with E-state index in [-0.39, 0.29) is 35.9 Å². The Morgan fingerprint density at radius 3 is 2.31 bits per heavy atom. The van der Waals surface area contributed by atoms with Crippen LogP contribution in [0.3, 0.4) is 0 Å². The first-order chi connectivity index (χ1) is 25.2. The minimum Gasteiger partial charge on any atom is -0.494 e. The van der Waals surface area contributed by atoms with Gasteiger partial charge in [-0.3, -0.25) is 9.59 Å². The number of amides is 2. The number of para-hydroxylation sites is 2. The molecule has 0 fully saturated rings. The highest BCUT2D eigenvalue weighted by atomic mass is 16.6. The summed E-state index contributed by atoms with van der Waals surface area (Å²) in [5.41, 5.74) is 3.33. The van der Waals surface area contributed by atoms with Crippen molar-refractivity contribution in [3.8, 4) is 17.2 Å². The number of esters is 1. The molecule has 1 atom stereocenters. The second-order valence-corrected chi connectivity index (χ2v) is 12.2. The zero-order valence-corrected chi connectivity index (χ0v) is 29.1. The highest BCUT2D eigenvalue weighted by Crippen LogP contribution is 2.30. The minimum absolute atomic E-state index is 0.0703. The van der Waals surface area contributed by atoms with E-state index >= 15 is 0 Å². The van der Waals surface area contributed by atoms with E-state index in [0.29, 0.717) is 40.6 Å². The fourth-order valence-electron chi connectivity index (χ4n) is 5.47. The van der Waals surface area contributed by atoms with Gasteiger partial charge in [0, 0.05) is 17.7 Å². The minimum atomic E-state index is -1.28. The molecule has 0 bridgehead atoms. The predicted octanol–water partition coefficient (Wildman–Crippen LogP) is 6.83. The number of methoxy groups -OCH3 is 1. The van der Waals surface area contributed by atoms with Crippen molar-refractivity contribution in [1.82, 2.24) is 5.32 Å². The van der Waals surface area contributed by atoms with E-state index in [4.69, 9.17) is 14.2 Å². The number of hydrogen-bond acceptors (Lipinski definition) is 9. The van der Waals surface area contributed by atoms with Gasteiger partial charge in [-0.25, -0.2) is 14.6 Å². The van der Waals surface area contributed by atoms with Crippen LogP contribution in [0.2, 0.25) is 0 Å². The molecular formula is C40H42N4O8. The van der Waals surface area contributed by atoms with Crippen molar-refractivity contribution in [2.24, 2.45) is 4.99 Å². The molecule has 5 rings (SSSR count). The maximum Gasteiger partial charge on any atom is 0.343 e. The van der Waals surface area contributed by atoms with Crippen molar-refractivity contribution in [2.75, 3.05) is 30.9 Å². The van der Waals surface area contributed by atoms with Crippen molar-refractivity contribution in [3.63, 3.8) is 0 Å². The number of nitrogens with zero attached hydrogens (tertiary/aromatic N) is 1. The van der Waals surface area contributed by atoms with E-state index < -0.39 is 23.9 Å². The number of unbranched alkanes of at least 4 members (excludes halogenated alkanes) is 4. The molecule has 4 aromatic carbocycles. The highest BCUT2D eigenvalue weighted by molar-refractivity contribution is 6.45. The largest absolute Gasteiger partial charge is 0.494 e. The number of nitrogens with one attached hydrogen (secondary N) is 3. The van der Waals surface area contributed by atoms with E-state index in [0.717, 1.165) is 18.5 Å². The van der Waals surface area contributed by atoms with Gasteiger partial charge in [0.05, 0.1) is 37.2 Å². The number of carboxylic acids is 1. The number of carbonyl (C=O) groups excluding carboxylic acids is 3. The SMILES string of the molecule is CCCCCCCOc1ccc(C(=O)Oc2ccc(CC(NC(=O)c3ccc(NC(=O)C4=Nc5ccccc5NC4)cc3)C(=O)O)cc2OC)cc1. The van der Waals surface area contributed by atoms with Crippen molar-refractivity contribution in [3.05, 3.63) is 108 Å². The van der Waals surface area contributed by atoms with E-state index in [2.05, 4.69) is 27.9 Å². The number of carbonyl (C=O) groups is 4. The molecule has 2 amide bonds. The molecule has 1 heterocycles. The Morgan fingerprint density at radius 2 is 1.58 bits per heavy atom. The quantitative estimate of drug-likeness (QED) is 0.0524. The Hall–Kier alpha value is -6.17. The van der Waals surface area contributed by atoms with Gasteiger partial charge in [0.1, 0.15) is 17.5 Å². The molecular weight excluding hydrogens is 664 g/mol. The van der Waals surface area contributed by atoms with E-state index in [1.54, 1.807) is 48.5 Å². The standard InChI is InChI=1S/C40H42N4O8/c1-3-4-5-6-9-22-51-30-19-15-28(16-20-30)40(49)52-35-21-12-26(24-36(35)50-2)23-33(39(47)48)44-37(45)27-13-17-29(18-14-27)42-38(46)34-25-41-31-10-7-8-11-32(31)43-34/h7-8,10-21,24,33,41H,3-6,9,22-23,25H2,1-2H3,(H,42,46)(H,44,45)(H,47,48). The number of carboxylic acid groups (broad SMARTS) is 1. The fourth-order valence-corrected chi connectivity index (χ4v) is 5.47. The van der Waals surface area contributed by atoms with Gasteiger partial charge in [0.25, 0.3) is 11.8 Å². The molecule has 0 spiro atoms. The number of anilines is 2. The zero-order chi connectivity index (χ0) is 36.9. The number of hydrogen-bond donors (Lipinski definition) is 4. The van der Waals surface area contributed by atoms with Crippen molar-refractivity contribution < 1.29 is 38.5 Å². The summed E-state index contributed by atoms with van der Waals surface area (Å²) in [7, 11) is 1.41. The van der Waals surface area contributed by atoms with E-state index in [1.807, 2.05) is 24.3 Å². The monoisotopic (exact) mass is 706 g/mol. The average Bonchev–Trinajstić information content (AvgIpc) is 3.16. The molecule has 1 aliphatic rings. The smallest absolute Gasteiger partial charge is 0.343 e. The predicted molar refractivity (Wildman–Crippen MR) is 198 cm³/mol.